The second kappa shape index (κ2) is 8.72. The minimum atomic E-state index is -2.18. The normalized spacial score (nSPS) is 23.2. The Hall–Kier alpha value is -4.14. The van der Waals surface area contributed by atoms with Gasteiger partial charge in [0.05, 0.1) is 35.8 Å². The van der Waals surface area contributed by atoms with Gasteiger partial charge < -0.3 is 9.47 Å². The highest BCUT2D eigenvalue weighted by Crippen LogP contribution is 2.57. The van der Waals surface area contributed by atoms with E-state index >= 15 is 0 Å². The summed E-state index contributed by atoms with van der Waals surface area (Å²) in [6.07, 6.45) is -1.10. The lowest BCUT2D eigenvalue weighted by atomic mass is 9.77. The number of imide groups is 1. The minimum absolute atomic E-state index is 0.149. The van der Waals surface area contributed by atoms with Gasteiger partial charge in [-0.25, -0.2) is 9.69 Å². The number of Topliss-reactive ketones (excluding diaryl/α,β-unsaturated/α-hetero) is 2. The lowest BCUT2D eigenvalue weighted by Crippen LogP contribution is -2.51. The van der Waals surface area contributed by atoms with E-state index in [1.165, 1.54) is 30.3 Å². The van der Waals surface area contributed by atoms with Gasteiger partial charge in [-0.1, -0.05) is 54.1 Å². The zero-order valence-electron chi connectivity index (χ0n) is 20.1. The number of ketones is 2. The molecule has 2 fully saturated rings. The summed E-state index contributed by atoms with van der Waals surface area (Å²) in [5.41, 5.74) is -0.917. The summed E-state index contributed by atoms with van der Waals surface area (Å²) in [6.45, 7) is 1.90. The summed E-state index contributed by atoms with van der Waals surface area (Å²) in [4.78, 5) is 68.5. The third-order valence-electron chi connectivity index (χ3n) is 7.34. The Morgan fingerprint density at radius 2 is 1.58 bits per heavy atom. The first-order chi connectivity index (χ1) is 18.3. The number of nitrogens with zero attached hydrogens (tertiary/aromatic N) is 1. The molecule has 2 amide bonds. The fourth-order valence-corrected chi connectivity index (χ4v) is 5.90. The van der Waals surface area contributed by atoms with Crippen LogP contribution in [-0.2, 0) is 19.1 Å². The maximum Gasteiger partial charge on any atom is 0.338 e. The Bertz CT molecular complexity index is 1510. The van der Waals surface area contributed by atoms with Gasteiger partial charge in [-0.05, 0) is 42.8 Å². The van der Waals surface area contributed by atoms with Gasteiger partial charge >= 0.3 is 5.97 Å². The number of fused-ring (bicyclic) bond motifs is 3. The molecule has 0 N–H and O–H groups in total. The minimum Gasteiger partial charge on any atom is -0.462 e. The van der Waals surface area contributed by atoms with Crippen LogP contribution >= 0.6 is 11.6 Å². The summed E-state index contributed by atoms with van der Waals surface area (Å²) in [7, 11) is 0. The van der Waals surface area contributed by atoms with E-state index in [2.05, 4.69) is 0 Å². The zero-order valence-corrected chi connectivity index (χ0v) is 20.8. The number of anilines is 1. The largest absolute Gasteiger partial charge is 0.462 e. The first kappa shape index (κ1) is 24.2. The van der Waals surface area contributed by atoms with Crippen molar-refractivity contribution in [2.24, 2.45) is 11.8 Å². The number of rotatable bonds is 4. The van der Waals surface area contributed by atoms with Crippen LogP contribution in [0.2, 0.25) is 5.02 Å². The molecule has 9 heteroatoms. The molecule has 3 aromatic carbocycles. The van der Waals surface area contributed by atoms with Crippen LogP contribution in [0, 0.1) is 11.8 Å². The molecule has 0 unspecified atom stereocenters. The van der Waals surface area contributed by atoms with Crippen molar-refractivity contribution in [3.8, 4) is 0 Å². The maximum absolute atomic E-state index is 13.9. The topological polar surface area (TPSA) is 107 Å². The Kier molecular flexibility index (Phi) is 5.55. The van der Waals surface area contributed by atoms with Crippen LogP contribution in [0.3, 0.4) is 0 Å². The zero-order chi connectivity index (χ0) is 26.8. The first-order valence-corrected chi connectivity index (χ1v) is 12.4. The molecule has 8 nitrogen and oxygen atoms in total. The average Bonchev–Trinajstić information content (AvgIpc) is 3.49. The molecule has 38 heavy (non-hydrogen) atoms. The molecule has 0 radical (unpaired) electrons. The molecule has 0 saturated carbocycles. The van der Waals surface area contributed by atoms with E-state index < -0.39 is 52.9 Å². The smallest absolute Gasteiger partial charge is 0.338 e. The predicted octanol–water partition coefficient (Wildman–Crippen LogP) is 4.21. The summed E-state index contributed by atoms with van der Waals surface area (Å²) in [5.74, 6) is -5.65. The Morgan fingerprint density at radius 3 is 2.18 bits per heavy atom. The second-order valence-corrected chi connectivity index (χ2v) is 9.75. The van der Waals surface area contributed by atoms with Crippen molar-refractivity contribution >= 4 is 46.6 Å². The number of halogens is 1. The number of benzene rings is 3. The molecule has 2 heterocycles. The van der Waals surface area contributed by atoms with Gasteiger partial charge in [0, 0.05) is 16.1 Å². The van der Waals surface area contributed by atoms with Crippen LogP contribution in [0.15, 0.2) is 72.8 Å². The number of carbonyl (C=O) groups excluding carboxylic acids is 5. The number of ether oxygens (including phenoxy) is 2. The lowest BCUT2D eigenvalue weighted by Gasteiger charge is -2.27. The van der Waals surface area contributed by atoms with Crippen molar-refractivity contribution in [3.63, 3.8) is 0 Å². The third-order valence-corrected chi connectivity index (χ3v) is 7.57. The number of hydrogen-bond acceptors (Lipinski definition) is 7. The standard InChI is InChI=1S/C29H20ClNO7/c1-2-37-28(36)16-12-10-15(11-13-16)23-21-22(27(35)31(26(21)34)18-7-5-6-17(30)14-18)29(38-23)24(32)19-8-3-4-9-20(19)25(29)33/h3-14,21-23H,2H2,1H3/t21-,22-,23+/m0/s1. The van der Waals surface area contributed by atoms with E-state index in [9.17, 15) is 24.0 Å². The maximum atomic E-state index is 13.9. The Morgan fingerprint density at radius 1 is 0.921 bits per heavy atom. The summed E-state index contributed by atoms with van der Waals surface area (Å²) in [5, 5.41) is 0.317. The predicted molar refractivity (Wildman–Crippen MR) is 135 cm³/mol. The molecule has 2 saturated heterocycles. The Balaban J connectivity index is 1.49. The second-order valence-electron chi connectivity index (χ2n) is 9.32. The van der Waals surface area contributed by atoms with Gasteiger partial charge in [-0.2, -0.15) is 0 Å². The monoisotopic (exact) mass is 529 g/mol. The van der Waals surface area contributed by atoms with Crippen molar-refractivity contribution in [1.82, 2.24) is 0 Å². The highest BCUT2D eigenvalue weighted by Gasteiger charge is 2.74. The van der Waals surface area contributed by atoms with Gasteiger partial charge in [-0.15, -0.1) is 0 Å². The molecule has 0 aromatic heterocycles. The Labute approximate surface area is 222 Å². The van der Waals surface area contributed by atoms with E-state index in [-0.39, 0.29) is 29.0 Å². The van der Waals surface area contributed by atoms with Crippen molar-refractivity contribution < 1.29 is 33.4 Å². The molecule has 2 aliphatic heterocycles. The number of esters is 1. The highest BCUT2D eigenvalue weighted by atomic mass is 35.5. The van der Waals surface area contributed by atoms with E-state index in [0.29, 0.717) is 10.6 Å². The van der Waals surface area contributed by atoms with Crippen molar-refractivity contribution in [3.05, 3.63) is 100 Å². The van der Waals surface area contributed by atoms with Crippen LogP contribution in [0.5, 0.6) is 0 Å². The van der Waals surface area contributed by atoms with E-state index in [4.69, 9.17) is 21.1 Å². The van der Waals surface area contributed by atoms with Crippen LogP contribution < -0.4 is 4.90 Å². The van der Waals surface area contributed by atoms with Crippen LogP contribution in [-0.4, -0.2) is 41.6 Å². The molecule has 3 aliphatic rings. The molecule has 190 valence electrons. The summed E-state index contributed by atoms with van der Waals surface area (Å²) < 4.78 is 11.3. The summed E-state index contributed by atoms with van der Waals surface area (Å²) >= 11 is 6.13. The SMILES string of the molecule is CCOC(=O)c1ccc([C@H]2OC3(C(=O)c4ccccc4C3=O)[C@@H]3C(=O)N(c4cccc(Cl)c4)C(=O)[C@H]23)cc1. The molecule has 6 rings (SSSR count). The molecule has 1 aliphatic carbocycles. The molecule has 3 aromatic rings. The number of amides is 2. The van der Waals surface area contributed by atoms with Gasteiger partial charge in [0.1, 0.15) is 0 Å². The van der Waals surface area contributed by atoms with E-state index in [1.54, 1.807) is 49.4 Å². The number of carbonyl (C=O) groups is 5. The molecule has 3 atom stereocenters. The third kappa shape index (κ3) is 3.23. The van der Waals surface area contributed by atoms with Crippen LogP contribution in [0.1, 0.15) is 49.7 Å². The van der Waals surface area contributed by atoms with Gasteiger partial charge in [-0.3, -0.25) is 19.2 Å². The molecular formula is C29H20ClNO7. The fourth-order valence-electron chi connectivity index (χ4n) is 5.71. The molecular weight excluding hydrogens is 510 g/mol. The fraction of sp³-hybridized carbons (Fsp3) is 0.207. The van der Waals surface area contributed by atoms with Crippen molar-refractivity contribution in [2.75, 3.05) is 11.5 Å². The molecule has 1 spiro atoms. The van der Waals surface area contributed by atoms with Gasteiger partial charge in [0.25, 0.3) is 0 Å². The van der Waals surface area contributed by atoms with Crippen LogP contribution in [0.4, 0.5) is 5.69 Å². The first-order valence-electron chi connectivity index (χ1n) is 12.1. The van der Waals surface area contributed by atoms with Crippen LogP contribution in [0.25, 0.3) is 0 Å². The summed E-state index contributed by atoms with van der Waals surface area (Å²) in [6, 6.07) is 18.7. The quantitative estimate of drug-likeness (QED) is 0.283. The number of hydrogen-bond donors (Lipinski definition) is 0. The average molecular weight is 530 g/mol. The van der Waals surface area contributed by atoms with E-state index in [1.807, 2.05) is 0 Å². The van der Waals surface area contributed by atoms with Gasteiger partial charge in [0.15, 0.2) is 0 Å². The highest BCUT2D eigenvalue weighted by molar-refractivity contribution is 6.37. The van der Waals surface area contributed by atoms with Crippen molar-refractivity contribution in [2.45, 2.75) is 18.6 Å². The van der Waals surface area contributed by atoms with E-state index in [0.717, 1.165) is 4.90 Å². The van der Waals surface area contributed by atoms with Gasteiger partial charge in [0.2, 0.25) is 29.0 Å². The lowest BCUT2D eigenvalue weighted by molar-refractivity contribution is -0.127. The molecule has 0 bridgehead atoms. The van der Waals surface area contributed by atoms with Crippen molar-refractivity contribution in [1.29, 1.82) is 0 Å².